The summed E-state index contributed by atoms with van der Waals surface area (Å²) >= 11 is 1.32. The quantitative estimate of drug-likeness (QED) is 0.628. The maximum Gasteiger partial charge on any atom is 0.233 e. The fraction of sp³-hybridized carbons (Fsp3) is 0.583. The molecule has 0 aliphatic rings. The highest BCUT2D eigenvalue weighted by molar-refractivity contribution is 8.00. The molecule has 0 saturated heterocycles. The number of thioether (sulfide) groups is 1. The molecule has 18 heavy (non-hydrogen) atoms. The van der Waals surface area contributed by atoms with Crippen molar-refractivity contribution in [3.8, 4) is 0 Å². The minimum atomic E-state index is -0.236. The third-order valence-electron chi connectivity index (χ3n) is 2.51. The van der Waals surface area contributed by atoms with Gasteiger partial charge in [0.1, 0.15) is 5.82 Å². The van der Waals surface area contributed by atoms with Gasteiger partial charge in [-0.3, -0.25) is 4.79 Å². The molecule has 0 spiro atoms. The smallest absolute Gasteiger partial charge is 0.233 e. The number of anilines is 1. The second kappa shape index (κ2) is 6.58. The molecule has 0 aliphatic heterocycles. The maximum absolute atomic E-state index is 11.9. The van der Waals surface area contributed by atoms with E-state index >= 15 is 0 Å². The fourth-order valence-corrected chi connectivity index (χ4v) is 2.14. The molecule has 1 aromatic heterocycles. The molecule has 3 N–H and O–H groups in total. The van der Waals surface area contributed by atoms with E-state index < -0.39 is 0 Å². The number of aromatic nitrogens is 2. The van der Waals surface area contributed by atoms with Crippen LogP contribution in [0.2, 0.25) is 0 Å². The Morgan fingerprint density at radius 1 is 1.50 bits per heavy atom. The van der Waals surface area contributed by atoms with Gasteiger partial charge in [-0.2, -0.15) is 0 Å². The van der Waals surface area contributed by atoms with Gasteiger partial charge in [0, 0.05) is 17.8 Å². The van der Waals surface area contributed by atoms with Crippen LogP contribution in [0.3, 0.4) is 0 Å². The zero-order valence-electron chi connectivity index (χ0n) is 11.2. The minimum Gasteiger partial charge on any atom is -0.384 e. The normalized spacial score (nSPS) is 14.0. The third kappa shape index (κ3) is 4.52. The van der Waals surface area contributed by atoms with Crippen molar-refractivity contribution in [3.63, 3.8) is 0 Å². The average Bonchev–Trinajstić information content (AvgIpc) is 2.27. The lowest BCUT2D eigenvalue weighted by Gasteiger charge is -2.15. The van der Waals surface area contributed by atoms with Gasteiger partial charge in [0.05, 0.1) is 5.25 Å². The monoisotopic (exact) mass is 268 g/mol. The minimum absolute atomic E-state index is 0.00183. The topological polar surface area (TPSA) is 80.9 Å². The lowest BCUT2D eigenvalue weighted by Crippen LogP contribution is -2.37. The second-order valence-corrected chi connectivity index (χ2v) is 5.60. The van der Waals surface area contributed by atoms with E-state index in [9.17, 15) is 4.79 Å². The van der Waals surface area contributed by atoms with Crippen molar-refractivity contribution in [2.45, 2.75) is 50.6 Å². The molecule has 1 rings (SSSR count). The number of amides is 1. The molecule has 0 aliphatic carbocycles. The molecule has 1 amide bonds. The fourth-order valence-electron chi connectivity index (χ4n) is 1.29. The van der Waals surface area contributed by atoms with E-state index in [4.69, 9.17) is 5.73 Å². The van der Waals surface area contributed by atoms with E-state index in [-0.39, 0.29) is 17.2 Å². The molecule has 0 bridgehead atoms. The summed E-state index contributed by atoms with van der Waals surface area (Å²) in [7, 11) is 0. The number of rotatable bonds is 5. The number of hydrogen-bond acceptors (Lipinski definition) is 5. The first kappa shape index (κ1) is 14.8. The molecule has 0 radical (unpaired) electrons. The van der Waals surface area contributed by atoms with Crippen molar-refractivity contribution < 1.29 is 4.79 Å². The highest BCUT2D eigenvalue weighted by Crippen LogP contribution is 2.20. The van der Waals surface area contributed by atoms with Crippen LogP contribution in [0, 0.1) is 6.92 Å². The van der Waals surface area contributed by atoms with Crippen molar-refractivity contribution in [1.82, 2.24) is 15.3 Å². The second-order valence-electron chi connectivity index (χ2n) is 4.29. The lowest BCUT2D eigenvalue weighted by molar-refractivity contribution is -0.120. The van der Waals surface area contributed by atoms with Crippen LogP contribution < -0.4 is 11.1 Å². The Hall–Kier alpha value is -1.30. The Morgan fingerprint density at radius 3 is 2.72 bits per heavy atom. The van der Waals surface area contributed by atoms with E-state index in [1.165, 1.54) is 11.8 Å². The van der Waals surface area contributed by atoms with E-state index in [0.29, 0.717) is 11.0 Å². The van der Waals surface area contributed by atoms with Crippen LogP contribution in [-0.2, 0) is 4.79 Å². The summed E-state index contributed by atoms with van der Waals surface area (Å²) in [6.45, 7) is 7.71. The molecular weight excluding hydrogens is 248 g/mol. The van der Waals surface area contributed by atoms with E-state index in [1.54, 1.807) is 6.07 Å². The van der Waals surface area contributed by atoms with Gasteiger partial charge in [-0.15, -0.1) is 0 Å². The molecular formula is C12H20N4OS. The summed E-state index contributed by atoms with van der Waals surface area (Å²) in [6, 6.07) is 1.89. The van der Waals surface area contributed by atoms with Gasteiger partial charge in [0.25, 0.3) is 0 Å². The Kier molecular flexibility index (Phi) is 5.40. The van der Waals surface area contributed by atoms with Gasteiger partial charge in [0.2, 0.25) is 5.91 Å². The third-order valence-corrected chi connectivity index (χ3v) is 3.47. The van der Waals surface area contributed by atoms with Gasteiger partial charge in [-0.05, 0) is 27.2 Å². The van der Waals surface area contributed by atoms with Gasteiger partial charge < -0.3 is 11.1 Å². The van der Waals surface area contributed by atoms with Crippen molar-refractivity contribution >= 4 is 23.5 Å². The van der Waals surface area contributed by atoms with Crippen LogP contribution in [0.1, 0.15) is 32.9 Å². The van der Waals surface area contributed by atoms with Crippen LogP contribution in [0.15, 0.2) is 11.2 Å². The largest absolute Gasteiger partial charge is 0.384 e. The number of nitrogen functional groups attached to an aromatic ring is 1. The molecule has 100 valence electrons. The lowest BCUT2D eigenvalue weighted by atomic mass is 10.2. The number of nitrogens with two attached hydrogens (primary N) is 1. The van der Waals surface area contributed by atoms with Gasteiger partial charge in [-0.25, -0.2) is 9.97 Å². The maximum atomic E-state index is 11.9. The molecule has 1 heterocycles. The van der Waals surface area contributed by atoms with Gasteiger partial charge in [0.15, 0.2) is 5.16 Å². The van der Waals surface area contributed by atoms with Gasteiger partial charge in [-0.1, -0.05) is 18.7 Å². The molecule has 0 saturated carbocycles. The highest BCUT2D eigenvalue weighted by atomic mass is 32.2. The molecule has 6 heteroatoms. The van der Waals surface area contributed by atoms with Crippen LogP contribution in [-0.4, -0.2) is 27.2 Å². The Morgan fingerprint density at radius 2 is 2.17 bits per heavy atom. The number of carbonyl (C=O) groups is 1. The van der Waals surface area contributed by atoms with E-state index in [1.807, 2.05) is 27.7 Å². The molecule has 5 nitrogen and oxygen atoms in total. The van der Waals surface area contributed by atoms with Crippen LogP contribution in [0.25, 0.3) is 0 Å². The van der Waals surface area contributed by atoms with Crippen LogP contribution >= 0.6 is 11.8 Å². The molecule has 1 aromatic rings. The number of nitrogens with one attached hydrogen (secondary N) is 1. The van der Waals surface area contributed by atoms with Crippen molar-refractivity contribution in [2.75, 3.05) is 5.73 Å². The van der Waals surface area contributed by atoms with Crippen LogP contribution in [0.5, 0.6) is 0 Å². The van der Waals surface area contributed by atoms with Crippen LogP contribution in [0.4, 0.5) is 5.82 Å². The summed E-state index contributed by atoms with van der Waals surface area (Å²) in [4.78, 5) is 20.2. The van der Waals surface area contributed by atoms with E-state index in [0.717, 1.165) is 12.1 Å². The predicted octanol–water partition coefficient (Wildman–Crippen LogP) is 1.76. The zero-order chi connectivity index (χ0) is 13.7. The Labute approximate surface area is 112 Å². The van der Waals surface area contributed by atoms with Crippen molar-refractivity contribution in [3.05, 3.63) is 11.8 Å². The first-order valence-corrected chi connectivity index (χ1v) is 6.88. The summed E-state index contributed by atoms with van der Waals surface area (Å²) in [5, 5.41) is 3.24. The Balaban J connectivity index is 2.63. The predicted molar refractivity (Wildman–Crippen MR) is 74.4 cm³/mol. The number of carbonyl (C=O) groups excluding carboxylic acids is 1. The Bertz CT molecular complexity index is 404. The summed E-state index contributed by atoms with van der Waals surface area (Å²) in [5.74, 6) is 0.428. The molecule has 2 atom stereocenters. The number of nitrogens with zero attached hydrogens (tertiary/aromatic N) is 2. The average molecular weight is 268 g/mol. The number of aryl methyl sites for hydroxylation is 1. The SMILES string of the molecule is CCC(C)NC(=O)C(C)Sc1nc(C)cc(N)n1. The first-order chi connectivity index (χ1) is 8.42. The van der Waals surface area contributed by atoms with Crippen molar-refractivity contribution in [2.24, 2.45) is 0 Å². The molecule has 0 aromatic carbocycles. The summed E-state index contributed by atoms with van der Waals surface area (Å²) < 4.78 is 0. The number of hydrogen-bond donors (Lipinski definition) is 2. The van der Waals surface area contributed by atoms with E-state index in [2.05, 4.69) is 15.3 Å². The summed E-state index contributed by atoms with van der Waals surface area (Å²) in [5.41, 5.74) is 6.45. The van der Waals surface area contributed by atoms with Crippen molar-refractivity contribution in [1.29, 1.82) is 0 Å². The first-order valence-electron chi connectivity index (χ1n) is 6.00. The summed E-state index contributed by atoms with van der Waals surface area (Å²) in [6.07, 6.45) is 0.914. The zero-order valence-corrected chi connectivity index (χ0v) is 12.0. The highest BCUT2D eigenvalue weighted by Gasteiger charge is 2.17. The molecule has 0 fully saturated rings. The standard InChI is InChI=1S/C12H20N4OS/c1-5-7(2)14-11(17)9(4)18-12-15-8(3)6-10(13)16-12/h6-7,9H,5H2,1-4H3,(H,14,17)(H2,13,15,16). The van der Waals surface area contributed by atoms with Gasteiger partial charge >= 0.3 is 0 Å². The molecule has 2 unspecified atom stereocenters.